The van der Waals surface area contributed by atoms with Crippen LogP contribution in [0.15, 0.2) is 21.8 Å². The van der Waals surface area contributed by atoms with Crippen LogP contribution in [0.1, 0.15) is 51.0 Å². The van der Waals surface area contributed by atoms with Crippen LogP contribution in [0.25, 0.3) is 0 Å². The molecule has 0 bridgehead atoms. The van der Waals surface area contributed by atoms with E-state index in [1.54, 1.807) is 11.3 Å². The number of nitrogens with one attached hydrogen (secondary N) is 1. The molecule has 0 spiro atoms. The van der Waals surface area contributed by atoms with Crippen LogP contribution >= 0.6 is 35.3 Å². The Morgan fingerprint density at radius 2 is 2.21 bits per heavy atom. The van der Waals surface area contributed by atoms with Crippen LogP contribution in [-0.4, -0.2) is 19.0 Å². The van der Waals surface area contributed by atoms with Crippen molar-refractivity contribution in [2.45, 2.75) is 45.4 Å². The molecular weight excluding hydrogens is 369 g/mol. The molecule has 3 N–H and O–H groups in total. The van der Waals surface area contributed by atoms with Gasteiger partial charge in [0.2, 0.25) is 0 Å². The molecule has 1 unspecified atom stereocenters. The molecule has 110 valence electrons. The van der Waals surface area contributed by atoms with E-state index in [1.807, 2.05) is 0 Å². The van der Waals surface area contributed by atoms with E-state index < -0.39 is 0 Å². The Labute approximate surface area is 138 Å². The average molecular weight is 395 g/mol. The molecule has 0 saturated carbocycles. The van der Waals surface area contributed by atoms with Crippen LogP contribution in [0.4, 0.5) is 0 Å². The SMILES string of the molecule is CCCCCCNC(N)=NCC(C)c1ccsc1.I. The minimum absolute atomic E-state index is 0. The highest BCUT2D eigenvalue weighted by molar-refractivity contribution is 14.0. The fraction of sp³-hybridized carbons (Fsp3) is 0.643. The second-order valence-electron chi connectivity index (χ2n) is 4.67. The number of rotatable bonds is 8. The predicted octanol–water partition coefficient (Wildman–Crippen LogP) is 3.95. The highest BCUT2D eigenvalue weighted by atomic mass is 127. The summed E-state index contributed by atoms with van der Waals surface area (Å²) in [5.74, 6) is 1.02. The lowest BCUT2D eigenvalue weighted by atomic mass is 10.1. The number of aliphatic imine (C=N–C) groups is 1. The molecule has 3 nitrogen and oxygen atoms in total. The number of guanidine groups is 1. The second-order valence-corrected chi connectivity index (χ2v) is 5.45. The molecule has 0 aliphatic rings. The van der Waals surface area contributed by atoms with Gasteiger partial charge >= 0.3 is 0 Å². The number of hydrogen-bond donors (Lipinski definition) is 2. The molecule has 5 heteroatoms. The molecule has 0 aliphatic heterocycles. The largest absolute Gasteiger partial charge is 0.370 e. The quantitative estimate of drug-likeness (QED) is 0.303. The summed E-state index contributed by atoms with van der Waals surface area (Å²) in [5, 5.41) is 7.45. The Kier molecular flexibility index (Phi) is 11.3. The maximum absolute atomic E-state index is 5.83. The molecule has 0 amide bonds. The summed E-state index contributed by atoms with van der Waals surface area (Å²) in [5.41, 5.74) is 7.18. The van der Waals surface area contributed by atoms with Crippen molar-refractivity contribution in [2.75, 3.05) is 13.1 Å². The Hall–Kier alpha value is -0.300. The zero-order chi connectivity index (χ0) is 13.2. The maximum Gasteiger partial charge on any atom is 0.188 e. The van der Waals surface area contributed by atoms with E-state index in [9.17, 15) is 0 Å². The van der Waals surface area contributed by atoms with Crippen molar-refractivity contribution >= 4 is 41.3 Å². The summed E-state index contributed by atoms with van der Waals surface area (Å²) in [4.78, 5) is 4.39. The first kappa shape index (κ1) is 18.7. The molecule has 1 aromatic rings. The van der Waals surface area contributed by atoms with E-state index >= 15 is 0 Å². The molecule has 1 heterocycles. The first-order valence-electron chi connectivity index (χ1n) is 6.80. The van der Waals surface area contributed by atoms with Gasteiger partial charge in [0.25, 0.3) is 0 Å². The number of thiophene rings is 1. The van der Waals surface area contributed by atoms with Crippen molar-refractivity contribution in [3.8, 4) is 0 Å². The van der Waals surface area contributed by atoms with Crippen LogP contribution in [0.2, 0.25) is 0 Å². The van der Waals surface area contributed by atoms with Gasteiger partial charge in [0.15, 0.2) is 5.96 Å². The predicted molar refractivity (Wildman–Crippen MR) is 96.8 cm³/mol. The number of hydrogen-bond acceptors (Lipinski definition) is 2. The van der Waals surface area contributed by atoms with Crippen molar-refractivity contribution in [2.24, 2.45) is 10.7 Å². The van der Waals surface area contributed by atoms with E-state index in [0.717, 1.165) is 13.1 Å². The first-order chi connectivity index (χ1) is 8.74. The molecule has 0 saturated heterocycles. The summed E-state index contributed by atoms with van der Waals surface area (Å²) in [6, 6.07) is 2.15. The van der Waals surface area contributed by atoms with Gasteiger partial charge in [0, 0.05) is 19.0 Å². The molecule has 0 radical (unpaired) electrons. The average Bonchev–Trinajstić information content (AvgIpc) is 2.89. The third-order valence-corrected chi connectivity index (χ3v) is 3.69. The number of halogens is 1. The number of unbranched alkanes of at least 4 members (excludes halogenated alkanes) is 3. The van der Waals surface area contributed by atoms with Crippen LogP contribution in [-0.2, 0) is 0 Å². The highest BCUT2D eigenvalue weighted by Gasteiger charge is 2.04. The van der Waals surface area contributed by atoms with Crippen molar-refractivity contribution in [1.29, 1.82) is 0 Å². The zero-order valence-electron chi connectivity index (χ0n) is 11.9. The smallest absolute Gasteiger partial charge is 0.188 e. The molecule has 1 aromatic heterocycles. The second kappa shape index (κ2) is 11.5. The van der Waals surface area contributed by atoms with Crippen LogP contribution in [0.3, 0.4) is 0 Å². The van der Waals surface area contributed by atoms with E-state index in [1.165, 1.54) is 31.2 Å². The van der Waals surface area contributed by atoms with E-state index in [2.05, 4.69) is 41.0 Å². The van der Waals surface area contributed by atoms with Gasteiger partial charge in [0.05, 0.1) is 0 Å². The fourth-order valence-corrected chi connectivity index (χ4v) is 2.50. The minimum atomic E-state index is 0. The topological polar surface area (TPSA) is 50.4 Å². The molecule has 0 fully saturated rings. The Morgan fingerprint density at radius 1 is 1.42 bits per heavy atom. The fourth-order valence-electron chi connectivity index (χ4n) is 1.72. The summed E-state index contributed by atoms with van der Waals surface area (Å²) in [6.07, 6.45) is 5.00. The van der Waals surface area contributed by atoms with Crippen molar-refractivity contribution in [1.82, 2.24) is 5.32 Å². The molecule has 0 aliphatic carbocycles. The Bertz CT molecular complexity index is 338. The zero-order valence-corrected chi connectivity index (χ0v) is 15.0. The van der Waals surface area contributed by atoms with Gasteiger partial charge in [-0.25, -0.2) is 0 Å². The van der Waals surface area contributed by atoms with Gasteiger partial charge in [-0.15, -0.1) is 24.0 Å². The molecular formula is C14H26IN3S. The first-order valence-corrected chi connectivity index (χ1v) is 7.74. The molecule has 1 atom stereocenters. The Morgan fingerprint density at radius 3 is 2.84 bits per heavy atom. The standard InChI is InChI=1S/C14H25N3S.HI/c1-3-4-5-6-8-16-14(15)17-10-12(2)13-7-9-18-11-13;/h7,9,11-12H,3-6,8,10H2,1-2H3,(H3,15,16,17);1H. The lowest BCUT2D eigenvalue weighted by Gasteiger charge is -2.08. The lowest BCUT2D eigenvalue weighted by Crippen LogP contribution is -2.32. The van der Waals surface area contributed by atoms with E-state index in [0.29, 0.717) is 11.9 Å². The highest BCUT2D eigenvalue weighted by Crippen LogP contribution is 2.17. The monoisotopic (exact) mass is 395 g/mol. The van der Waals surface area contributed by atoms with Crippen molar-refractivity contribution in [3.63, 3.8) is 0 Å². The van der Waals surface area contributed by atoms with Crippen molar-refractivity contribution < 1.29 is 0 Å². The van der Waals surface area contributed by atoms with Gasteiger partial charge in [-0.2, -0.15) is 11.3 Å². The van der Waals surface area contributed by atoms with Crippen molar-refractivity contribution in [3.05, 3.63) is 22.4 Å². The molecule has 0 aromatic carbocycles. The van der Waals surface area contributed by atoms with Crippen LogP contribution in [0, 0.1) is 0 Å². The third kappa shape index (κ3) is 8.47. The summed E-state index contributed by atoms with van der Waals surface area (Å²) in [6.45, 7) is 6.09. The van der Waals surface area contributed by atoms with Gasteiger partial charge in [-0.1, -0.05) is 33.1 Å². The molecule has 1 rings (SSSR count). The molecule has 19 heavy (non-hydrogen) atoms. The minimum Gasteiger partial charge on any atom is -0.370 e. The third-order valence-electron chi connectivity index (χ3n) is 2.98. The van der Waals surface area contributed by atoms with E-state index in [-0.39, 0.29) is 24.0 Å². The summed E-state index contributed by atoms with van der Waals surface area (Å²) < 4.78 is 0. The number of nitrogens with two attached hydrogens (primary N) is 1. The lowest BCUT2D eigenvalue weighted by molar-refractivity contribution is 0.651. The van der Waals surface area contributed by atoms with E-state index in [4.69, 9.17) is 5.73 Å². The van der Waals surface area contributed by atoms with Gasteiger partial charge < -0.3 is 11.1 Å². The van der Waals surface area contributed by atoms with Crippen LogP contribution in [0.5, 0.6) is 0 Å². The maximum atomic E-state index is 5.83. The van der Waals surface area contributed by atoms with Gasteiger partial charge in [-0.05, 0) is 28.8 Å². The Balaban J connectivity index is 0.00000324. The summed E-state index contributed by atoms with van der Waals surface area (Å²) >= 11 is 1.73. The van der Waals surface area contributed by atoms with Gasteiger partial charge in [0.1, 0.15) is 0 Å². The normalized spacial score (nSPS) is 12.8. The summed E-state index contributed by atoms with van der Waals surface area (Å²) in [7, 11) is 0. The van der Waals surface area contributed by atoms with Gasteiger partial charge in [-0.3, -0.25) is 4.99 Å². The number of nitrogens with zero attached hydrogens (tertiary/aromatic N) is 1. The van der Waals surface area contributed by atoms with Crippen LogP contribution < -0.4 is 11.1 Å².